The van der Waals surface area contributed by atoms with Crippen molar-refractivity contribution in [3.63, 3.8) is 0 Å². The lowest BCUT2D eigenvalue weighted by atomic mass is 9.71. The van der Waals surface area contributed by atoms with Gasteiger partial charge in [0.05, 0.1) is 11.2 Å². The molecule has 0 aliphatic heterocycles. The number of ether oxygens (including phenoxy) is 1. The molecule has 0 bridgehead atoms. The molecule has 1 saturated carbocycles. The number of nitrogens with two attached hydrogens (primary N) is 1. The molecule has 176 valence electrons. The van der Waals surface area contributed by atoms with Gasteiger partial charge in [0.15, 0.2) is 0 Å². The first-order chi connectivity index (χ1) is 16.1. The Morgan fingerprint density at radius 1 is 1.00 bits per heavy atom. The third kappa shape index (κ3) is 4.73. The van der Waals surface area contributed by atoms with Crippen molar-refractivity contribution in [2.24, 2.45) is 5.73 Å². The second kappa shape index (κ2) is 8.82. The van der Waals surface area contributed by atoms with Gasteiger partial charge in [-0.2, -0.15) is 0 Å². The first kappa shape index (κ1) is 23.3. The molecule has 1 aliphatic carbocycles. The minimum Gasteiger partial charge on any atom is -0.444 e. The summed E-state index contributed by atoms with van der Waals surface area (Å²) < 4.78 is 5.46. The summed E-state index contributed by atoms with van der Waals surface area (Å²) in [5.41, 5.74) is 7.65. The van der Waals surface area contributed by atoms with E-state index >= 15 is 0 Å². The number of rotatable bonds is 5. The number of aromatic nitrogens is 1. The minimum atomic E-state index is -0.777. The van der Waals surface area contributed by atoms with Crippen molar-refractivity contribution < 1.29 is 14.3 Å². The number of carbonyl (C=O) groups excluding carboxylic acids is 2. The molecule has 0 saturated heterocycles. The molecule has 7 nitrogen and oxygen atoms in total. The third-order valence-electron chi connectivity index (χ3n) is 6.06. The number of benzene rings is 2. The summed E-state index contributed by atoms with van der Waals surface area (Å²) in [5.74, 6) is -0.777. The minimum absolute atomic E-state index is 0.0887. The number of alkyl carbamates (subject to hydrolysis) is 1. The van der Waals surface area contributed by atoms with Crippen molar-refractivity contribution in [3.05, 3.63) is 82.1 Å². The number of aromatic amines is 1. The lowest BCUT2D eigenvalue weighted by Crippen LogP contribution is -2.52. The van der Waals surface area contributed by atoms with E-state index in [-0.39, 0.29) is 5.56 Å². The van der Waals surface area contributed by atoms with E-state index in [1.807, 2.05) is 75.4 Å². The van der Waals surface area contributed by atoms with Crippen LogP contribution in [0.2, 0.25) is 0 Å². The SMILES string of the molecule is CC(C)(C)OC(=O)NC1(c2ccc(-c3[nH]c(=O)c(C(N)=O)cc3-c3ccccc3)cc2)CCC1. The van der Waals surface area contributed by atoms with Gasteiger partial charge >= 0.3 is 6.09 Å². The summed E-state index contributed by atoms with van der Waals surface area (Å²) in [5, 5.41) is 3.06. The smallest absolute Gasteiger partial charge is 0.408 e. The molecule has 0 atom stereocenters. The zero-order valence-electron chi connectivity index (χ0n) is 19.6. The highest BCUT2D eigenvalue weighted by atomic mass is 16.6. The highest BCUT2D eigenvalue weighted by Crippen LogP contribution is 2.42. The summed E-state index contributed by atoms with van der Waals surface area (Å²) >= 11 is 0. The molecule has 0 spiro atoms. The van der Waals surface area contributed by atoms with Gasteiger partial charge in [0, 0.05) is 5.56 Å². The summed E-state index contributed by atoms with van der Waals surface area (Å²) in [7, 11) is 0. The van der Waals surface area contributed by atoms with Crippen molar-refractivity contribution in [1.29, 1.82) is 0 Å². The molecule has 34 heavy (non-hydrogen) atoms. The molecule has 4 rings (SSSR count). The van der Waals surface area contributed by atoms with Gasteiger partial charge in [0.1, 0.15) is 11.2 Å². The van der Waals surface area contributed by atoms with Crippen molar-refractivity contribution in [2.45, 2.75) is 51.2 Å². The van der Waals surface area contributed by atoms with E-state index in [1.165, 1.54) is 6.07 Å². The zero-order valence-corrected chi connectivity index (χ0v) is 19.6. The van der Waals surface area contributed by atoms with E-state index in [2.05, 4.69) is 10.3 Å². The van der Waals surface area contributed by atoms with Gasteiger partial charge in [0.25, 0.3) is 11.5 Å². The van der Waals surface area contributed by atoms with E-state index in [1.54, 1.807) is 0 Å². The van der Waals surface area contributed by atoms with Crippen LogP contribution in [0.1, 0.15) is 56.0 Å². The van der Waals surface area contributed by atoms with Gasteiger partial charge in [-0.05, 0) is 62.8 Å². The van der Waals surface area contributed by atoms with Crippen LogP contribution in [0.15, 0.2) is 65.5 Å². The molecule has 3 aromatic rings. The Kier molecular flexibility index (Phi) is 6.04. The molecule has 0 radical (unpaired) electrons. The average molecular weight is 460 g/mol. The topological polar surface area (TPSA) is 114 Å². The highest BCUT2D eigenvalue weighted by molar-refractivity contribution is 5.95. The number of carbonyl (C=O) groups is 2. The van der Waals surface area contributed by atoms with Gasteiger partial charge in [0.2, 0.25) is 0 Å². The molecule has 1 aliphatic rings. The van der Waals surface area contributed by atoms with E-state index < -0.39 is 28.7 Å². The van der Waals surface area contributed by atoms with Crippen LogP contribution in [0, 0.1) is 0 Å². The maximum absolute atomic E-state index is 12.5. The molecule has 4 N–H and O–H groups in total. The fourth-order valence-electron chi connectivity index (χ4n) is 4.26. The molecule has 0 unspecified atom stereocenters. The Morgan fingerprint density at radius 2 is 1.65 bits per heavy atom. The lowest BCUT2D eigenvalue weighted by Gasteiger charge is -2.43. The Labute approximate surface area is 198 Å². The van der Waals surface area contributed by atoms with Gasteiger partial charge in [-0.3, -0.25) is 9.59 Å². The number of pyridine rings is 1. The molecule has 1 aromatic heterocycles. The van der Waals surface area contributed by atoms with Gasteiger partial charge in [-0.15, -0.1) is 0 Å². The quantitative estimate of drug-likeness (QED) is 0.512. The largest absolute Gasteiger partial charge is 0.444 e. The molecular formula is C27H29N3O4. The summed E-state index contributed by atoms with van der Waals surface area (Å²) in [6, 6.07) is 18.8. The number of primary amides is 1. The molecule has 7 heteroatoms. The van der Waals surface area contributed by atoms with Crippen LogP contribution in [-0.4, -0.2) is 22.6 Å². The highest BCUT2D eigenvalue weighted by Gasteiger charge is 2.41. The second-order valence-corrected chi connectivity index (χ2v) is 9.67. The van der Waals surface area contributed by atoms with E-state index in [4.69, 9.17) is 10.5 Å². The first-order valence-corrected chi connectivity index (χ1v) is 11.3. The molecule has 2 aromatic carbocycles. The molecule has 1 heterocycles. The van der Waals surface area contributed by atoms with Gasteiger partial charge < -0.3 is 20.8 Å². The van der Waals surface area contributed by atoms with Crippen LogP contribution in [0.3, 0.4) is 0 Å². The maximum Gasteiger partial charge on any atom is 0.408 e. The van der Waals surface area contributed by atoms with Crippen molar-refractivity contribution >= 4 is 12.0 Å². The lowest BCUT2D eigenvalue weighted by molar-refractivity contribution is 0.0377. The Morgan fingerprint density at radius 3 is 2.18 bits per heavy atom. The van der Waals surface area contributed by atoms with Crippen LogP contribution in [-0.2, 0) is 10.3 Å². The predicted octanol–water partition coefficient (Wildman–Crippen LogP) is 4.71. The van der Waals surface area contributed by atoms with E-state index in [9.17, 15) is 14.4 Å². The number of hydrogen-bond donors (Lipinski definition) is 3. The molecule has 2 amide bonds. The molecular weight excluding hydrogens is 430 g/mol. The number of amides is 2. The third-order valence-corrected chi connectivity index (χ3v) is 6.06. The second-order valence-electron chi connectivity index (χ2n) is 9.67. The molecule has 1 fully saturated rings. The fraction of sp³-hybridized carbons (Fsp3) is 0.296. The van der Waals surface area contributed by atoms with Crippen molar-refractivity contribution in [1.82, 2.24) is 10.3 Å². The van der Waals surface area contributed by atoms with E-state index in [0.717, 1.165) is 36.0 Å². The van der Waals surface area contributed by atoms with Crippen molar-refractivity contribution in [3.8, 4) is 22.4 Å². The van der Waals surface area contributed by atoms with Gasteiger partial charge in [-0.25, -0.2) is 4.79 Å². The Bertz CT molecular complexity index is 1270. The number of hydrogen-bond acceptors (Lipinski definition) is 4. The maximum atomic E-state index is 12.5. The van der Waals surface area contributed by atoms with Crippen LogP contribution in [0.25, 0.3) is 22.4 Å². The Hall–Kier alpha value is -3.87. The van der Waals surface area contributed by atoms with Crippen LogP contribution in [0.4, 0.5) is 4.79 Å². The van der Waals surface area contributed by atoms with Crippen LogP contribution < -0.4 is 16.6 Å². The summed E-state index contributed by atoms with van der Waals surface area (Å²) in [6.45, 7) is 5.51. The Balaban J connectivity index is 1.70. The number of nitrogens with one attached hydrogen (secondary N) is 2. The summed E-state index contributed by atoms with van der Waals surface area (Å²) in [4.78, 5) is 39.6. The van der Waals surface area contributed by atoms with E-state index in [0.29, 0.717) is 11.3 Å². The van der Waals surface area contributed by atoms with Gasteiger partial charge in [-0.1, -0.05) is 54.6 Å². The first-order valence-electron chi connectivity index (χ1n) is 11.3. The zero-order chi connectivity index (χ0) is 24.5. The van der Waals surface area contributed by atoms with Crippen molar-refractivity contribution in [2.75, 3.05) is 0 Å². The average Bonchev–Trinajstić information content (AvgIpc) is 2.75. The number of H-pyrrole nitrogens is 1. The predicted molar refractivity (Wildman–Crippen MR) is 131 cm³/mol. The van der Waals surface area contributed by atoms with Crippen LogP contribution in [0.5, 0.6) is 0 Å². The normalized spacial score (nSPS) is 14.7. The fourth-order valence-corrected chi connectivity index (χ4v) is 4.26. The summed E-state index contributed by atoms with van der Waals surface area (Å²) in [6.07, 6.45) is 2.22. The standard InChI is InChI=1S/C27H29N3O4/c1-26(2,3)34-25(33)30-27(14-7-15-27)19-12-10-18(11-13-19)22-20(17-8-5-4-6-9-17)16-21(23(28)31)24(32)29-22/h4-6,8-13,16H,7,14-15H2,1-3H3,(H2,28,31)(H,29,32)(H,30,33). The van der Waals surface area contributed by atoms with Crippen LogP contribution >= 0.6 is 0 Å². The monoisotopic (exact) mass is 459 g/mol.